The molecule has 12 rings (SSSR count). The number of halogens is 6. The lowest BCUT2D eigenvalue weighted by Crippen LogP contribution is -2.31. The van der Waals surface area contributed by atoms with Crippen molar-refractivity contribution in [2.24, 2.45) is 0 Å². The number of hydrogen-bond acceptors (Lipinski definition) is 25. The molecule has 0 saturated carbocycles. The van der Waals surface area contributed by atoms with Crippen LogP contribution in [0.2, 0.25) is 30.1 Å². The van der Waals surface area contributed by atoms with Gasteiger partial charge in [-0.15, -0.1) is 15.3 Å². The zero-order valence-electron chi connectivity index (χ0n) is 67.6. The summed E-state index contributed by atoms with van der Waals surface area (Å²) < 4.78 is 145. The number of aromatic nitrogens is 9. The number of rotatable bonds is 51. The molecule has 0 amide bonds. The van der Waals surface area contributed by atoms with Crippen LogP contribution in [-0.2, 0) is 132 Å². The minimum Gasteiger partial charge on any atom is -0.378 e. The van der Waals surface area contributed by atoms with Gasteiger partial charge in [0.1, 0.15) is 0 Å². The zero-order valence-corrected chi connectivity index (χ0v) is 74.6. The molecule has 121 heavy (non-hydrogen) atoms. The number of sulfonamides is 3. The normalized spacial score (nSPS) is 16.2. The Balaban J connectivity index is 0.538. The molecule has 6 heterocycles. The Bertz CT molecular complexity index is 5010. The zero-order chi connectivity index (χ0) is 85.3. The summed E-state index contributed by atoms with van der Waals surface area (Å²) in [5, 5.41) is 29.7. The van der Waals surface area contributed by atoms with Crippen molar-refractivity contribution in [3.63, 3.8) is 0 Å². The van der Waals surface area contributed by atoms with Gasteiger partial charge in [-0.25, -0.2) is 53.5 Å². The SMILES string of the molecule is CN1Cc2c(Cl)cc(Cl)cc2[C@H](c2cccc(S(=O)(=O)NCCOCCOCCOCCn3cc(CN(Cc4cn(CCOCCOCCOCCNS(=O)(=O)c5cccc([C@@H]6CN(C)Cc7c(Cl)cc(Cl)cc76)c5)nn4)Cc4cnnn4CCOCCOCCOCCNS(=O)(=O)c4cccc([C@@H]5CN(C)Cc6c(Cl)cc(Cl)cc65)c4)nn3)c2)C1. The maximum absolute atomic E-state index is 13.4. The molecule has 0 bridgehead atoms. The predicted octanol–water partition coefficient (Wildman–Crippen LogP) is 9.40. The summed E-state index contributed by atoms with van der Waals surface area (Å²) in [5.74, 6) is -0.335. The molecular weight excluding hydrogens is 1750 g/mol. The maximum Gasteiger partial charge on any atom is 0.240 e. The van der Waals surface area contributed by atoms with E-state index in [4.69, 9.17) is 112 Å². The highest BCUT2D eigenvalue weighted by molar-refractivity contribution is 7.90. The van der Waals surface area contributed by atoms with Crippen LogP contribution < -0.4 is 14.2 Å². The highest BCUT2D eigenvalue weighted by Crippen LogP contribution is 2.42. The molecule has 3 aliphatic rings. The topological polar surface area (TPSA) is 327 Å². The number of benzene rings is 6. The predicted molar refractivity (Wildman–Crippen MR) is 459 cm³/mol. The van der Waals surface area contributed by atoms with Crippen LogP contribution in [0, 0.1) is 0 Å². The van der Waals surface area contributed by atoms with Gasteiger partial charge in [0.05, 0.1) is 177 Å². The fourth-order valence-electron chi connectivity index (χ4n) is 14.7. The molecule has 0 fully saturated rings. The molecule has 3 atom stereocenters. The molecule has 6 aromatic carbocycles. The van der Waals surface area contributed by atoms with Crippen LogP contribution >= 0.6 is 69.6 Å². The van der Waals surface area contributed by atoms with Crippen LogP contribution in [0.4, 0.5) is 0 Å². The molecule has 31 nitrogen and oxygen atoms in total. The maximum atomic E-state index is 13.4. The van der Waals surface area contributed by atoms with E-state index in [9.17, 15) is 25.3 Å². The van der Waals surface area contributed by atoms with Crippen molar-refractivity contribution in [3.8, 4) is 0 Å². The van der Waals surface area contributed by atoms with Crippen LogP contribution in [0.25, 0.3) is 0 Å². The Labute approximate surface area is 736 Å². The third-order valence-electron chi connectivity index (χ3n) is 20.4. The fourth-order valence-corrected chi connectivity index (χ4v) is 19.6. The van der Waals surface area contributed by atoms with Gasteiger partial charge in [-0.2, -0.15) is 0 Å². The van der Waals surface area contributed by atoms with Crippen molar-refractivity contribution >= 4 is 99.7 Å². The highest BCUT2D eigenvalue weighted by atomic mass is 35.5. The van der Waals surface area contributed by atoms with E-state index in [0.717, 1.165) is 55.8 Å². The van der Waals surface area contributed by atoms with Crippen molar-refractivity contribution in [1.29, 1.82) is 0 Å². The molecule has 656 valence electrons. The van der Waals surface area contributed by atoms with Crippen molar-refractivity contribution < 1.29 is 67.9 Å². The van der Waals surface area contributed by atoms with E-state index in [1.807, 2.05) is 69.9 Å². The van der Waals surface area contributed by atoms with Crippen LogP contribution in [-0.4, -0.2) is 269 Å². The van der Waals surface area contributed by atoms with Gasteiger partial charge in [-0.05, 0) is 144 Å². The first-order chi connectivity index (χ1) is 58.4. The second-order valence-corrected chi connectivity index (χ2v) is 37.4. The molecular formula is C81H102Cl6N16O15S3. The summed E-state index contributed by atoms with van der Waals surface area (Å²) in [4.78, 5) is 9.07. The monoisotopic (exact) mass is 1840 g/mol. The first-order valence-electron chi connectivity index (χ1n) is 39.8. The van der Waals surface area contributed by atoms with Gasteiger partial charge in [-0.1, -0.05) is 122 Å². The molecule has 3 N–H and O–H groups in total. The molecule has 9 aromatic rings. The second-order valence-electron chi connectivity index (χ2n) is 29.6. The minimum absolute atomic E-state index is 0.0715. The number of nitrogens with zero attached hydrogens (tertiary/aromatic N) is 13. The average Bonchev–Trinajstić information content (AvgIpc) is 1.37. The Morgan fingerprint density at radius 1 is 0.388 bits per heavy atom. The van der Waals surface area contributed by atoms with E-state index < -0.39 is 30.1 Å². The molecule has 0 saturated heterocycles. The molecule has 0 spiro atoms. The molecule has 0 unspecified atom stereocenters. The summed E-state index contributed by atoms with van der Waals surface area (Å²) in [6.07, 6.45) is 5.44. The van der Waals surface area contributed by atoms with Crippen LogP contribution in [0.15, 0.2) is 142 Å². The van der Waals surface area contributed by atoms with E-state index >= 15 is 0 Å². The lowest BCUT2D eigenvalue weighted by Gasteiger charge is -2.33. The molecule has 3 aromatic heterocycles. The van der Waals surface area contributed by atoms with Gasteiger partial charge in [-0.3, -0.25) is 4.90 Å². The van der Waals surface area contributed by atoms with E-state index in [2.05, 4.69) is 64.7 Å². The van der Waals surface area contributed by atoms with E-state index in [1.54, 1.807) is 93.0 Å². The summed E-state index contributed by atoms with van der Waals surface area (Å²) in [6, 6.07) is 31.8. The number of hydrogen-bond donors (Lipinski definition) is 3. The van der Waals surface area contributed by atoms with Crippen LogP contribution in [0.1, 0.15) is 84.9 Å². The number of ether oxygens (including phenoxy) is 9. The minimum atomic E-state index is -3.84. The highest BCUT2D eigenvalue weighted by Gasteiger charge is 2.33. The summed E-state index contributed by atoms with van der Waals surface area (Å²) in [6.45, 7) is 11.7. The van der Waals surface area contributed by atoms with Crippen LogP contribution in [0.5, 0.6) is 0 Å². The van der Waals surface area contributed by atoms with E-state index in [1.165, 1.54) is 0 Å². The number of likely N-dealkylation sites (N-methyl/N-ethyl adjacent to an activating group) is 3. The van der Waals surface area contributed by atoms with Crippen molar-refractivity contribution in [2.45, 2.75) is 91.3 Å². The lowest BCUT2D eigenvalue weighted by molar-refractivity contribution is 0.0136. The van der Waals surface area contributed by atoms with Crippen LogP contribution in [0.3, 0.4) is 0 Å². The molecule has 40 heteroatoms. The van der Waals surface area contributed by atoms with E-state index in [-0.39, 0.29) is 98.3 Å². The Kier molecular flexibility index (Phi) is 35.9. The van der Waals surface area contributed by atoms with Gasteiger partial charge < -0.3 is 57.3 Å². The largest absolute Gasteiger partial charge is 0.378 e. The number of nitrogens with one attached hydrogen (secondary N) is 3. The van der Waals surface area contributed by atoms with E-state index in [0.29, 0.717) is 193 Å². The first-order valence-corrected chi connectivity index (χ1v) is 46.5. The summed E-state index contributed by atoms with van der Waals surface area (Å²) >= 11 is 39.0. The molecule has 3 aliphatic heterocycles. The Hall–Kier alpha value is -6.31. The molecule has 0 radical (unpaired) electrons. The third-order valence-corrected chi connectivity index (χ3v) is 26.5. The van der Waals surface area contributed by atoms with Gasteiger partial charge in [0, 0.05) is 139 Å². The quantitative estimate of drug-likeness (QED) is 0.0299. The van der Waals surface area contributed by atoms with Gasteiger partial charge in [0.25, 0.3) is 0 Å². The standard InChI is InChI=1S/C81H102Cl6N16O15S3/c1-97-52-73(70-40-61(82)43-79(85)76(70)55-97)58-7-4-10-67(37-58)119(104,105)89-13-19-110-25-31-116-34-28-113-22-16-101-49-64(92-95-101)47-100(48-65-50-102(96-93-65)17-23-114-29-35-117-32-26-111-20-14-90-120(106,107)68-11-5-8-59(38-68)74-53-98(2)56-77-71(74)41-62(83)44-80(77)86)51-66-46-88-94-103(66)18-24-115-30-36-118-33-27-112-21-15-91-121(108,109)69-12-6-9-60(39-69)75-54-99(3)57-78-72(75)42-63(84)45-81(78)87/h4-12,37-46,49-50,73-75,89-91H,13-36,47-48,51-57H2,1-3H3/t73-,74-,75-/m0/s1. The fraction of sp³-hybridized carbons (Fsp3) is 0.481. The molecule has 0 aliphatic carbocycles. The average molecular weight is 1850 g/mol. The van der Waals surface area contributed by atoms with Gasteiger partial charge >= 0.3 is 0 Å². The van der Waals surface area contributed by atoms with Gasteiger partial charge in [0.15, 0.2) is 0 Å². The van der Waals surface area contributed by atoms with Crippen molar-refractivity contribution in [3.05, 3.63) is 225 Å². The third kappa shape index (κ3) is 27.8. The Morgan fingerprint density at radius 3 is 1.04 bits per heavy atom. The first kappa shape index (κ1) is 93.8. The van der Waals surface area contributed by atoms with Crippen molar-refractivity contribution in [1.82, 2.24) is 78.7 Å². The summed E-state index contributed by atoms with van der Waals surface area (Å²) in [7, 11) is -5.48. The smallest absolute Gasteiger partial charge is 0.240 e. The van der Waals surface area contributed by atoms with Gasteiger partial charge in [0.2, 0.25) is 30.1 Å². The van der Waals surface area contributed by atoms with Crippen molar-refractivity contribution in [2.75, 3.05) is 179 Å². The number of fused-ring (bicyclic) bond motifs is 3. The lowest BCUT2D eigenvalue weighted by atomic mass is 9.85. The second kappa shape index (κ2) is 46.2. The summed E-state index contributed by atoms with van der Waals surface area (Å²) in [5.41, 5.74) is 10.7. The Morgan fingerprint density at radius 2 is 0.702 bits per heavy atom.